The van der Waals surface area contributed by atoms with Crippen molar-refractivity contribution < 1.29 is 9.18 Å². The second-order valence-corrected chi connectivity index (χ2v) is 9.70. The number of rotatable bonds is 4. The lowest BCUT2D eigenvalue weighted by Crippen LogP contribution is -2.49. The predicted molar refractivity (Wildman–Crippen MR) is 137 cm³/mol. The van der Waals surface area contributed by atoms with Crippen LogP contribution in [0.25, 0.3) is 17.0 Å². The molecule has 1 aliphatic carbocycles. The van der Waals surface area contributed by atoms with Crippen LogP contribution in [-0.4, -0.2) is 56.6 Å². The zero-order valence-corrected chi connectivity index (χ0v) is 20.2. The number of fused-ring (bicyclic) bond motifs is 1. The van der Waals surface area contributed by atoms with E-state index in [4.69, 9.17) is 5.10 Å². The Morgan fingerprint density at radius 3 is 2.31 bits per heavy atom. The molecule has 0 unspecified atom stereocenters. The highest BCUT2D eigenvalue weighted by Crippen LogP contribution is 2.33. The molecule has 184 valence electrons. The molecule has 2 fully saturated rings. The number of hydrogen-bond acceptors (Lipinski definition) is 5. The van der Waals surface area contributed by atoms with Gasteiger partial charge in [-0.3, -0.25) is 4.79 Å². The van der Waals surface area contributed by atoms with Crippen molar-refractivity contribution in [3.05, 3.63) is 77.7 Å². The van der Waals surface area contributed by atoms with Gasteiger partial charge in [-0.1, -0.05) is 43.5 Å². The number of benzene rings is 2. The summed E-state index contributed by atoms with van der Waals surface area (Å²) in [5, 5.41) is 4.79. The van der Waals surface area contributed by atoms with Gasteiger partial charge in [-0.15, -0.1) is 5.10 Å². The van der Waals surface area contributed by atoms with E-state index < -0.39 is 0 Å². The number of aromatic nitrogens is 4. The summed E-state index contributed by atoms with van der Waals surface area (Å²) in [7, 11) is 0. The smallest absolute Gasteiger partial charge is 0.254 e. The van der Waals surface area contributed by atoms with Crippen LogP contribution in [-0.2, 0) is 0 Å². The first kappa shape index (κ1) is 22.6. The number of nitrogens with zero attached hydrogens (tertiary/aromatic N) is 6. The van der Waals surface area contributed by atoms with Gasteiger partial charge in [0.1, 0.15) is 5.82 Å². The Hall–Kier alpha value is -3.81. The minimum Gasteiger partial charge on any atom is -0.336 e. The van der Waals surface area contributed by atoms with Gasteiger partial charge in [0.15, 0.2) is 0 Å². The predicted octanol–water partition coefficient (Wildman–Crippen LogP) is 4.94. The summed E-state index contributed by atoms with van der Waals surface area (Å²) in [4.78, 5) is 25.7. The fraction of sp³-hybridized carbons (Fsp3) is 0.357. The zero-order chi connectivity index (χ0) is 24.5. The molecule has 6 rings (SSSR count). The van der Waals surface area contributed by atoms with Crippen molar-refractivity contribution in [1.82, 2.24) is 24.5 Å². The van der Waals surface area contributed by atoms with E-state index in [-0.39, 0.29) is 11.7 Å². The monoisotopic (exact) mass is 484 g/mol. The molecule has 0 radical (unpaired) electrons. The molecule has 2 aromatic heterocycles. The van der Waals surface area contributed by atoms with E-state index in [1.54, 1.807) is 15.6 Å². The molecule has 0 atom stereocenters. The Kier molecular flexibility index (Phi) is 6.09. The van der Waals surface area contributed by atoms with Gasteiger partial charge in [0.05, 0.1) is 5.69 Å². The standard InChI is InChI=1S/C28H29FN6O/c29-24-12-10-23(11-13-24)26(36)33-16-18-34(19-17-33)28-31-27-30-15-14-25(35(27)32-28)22-8-6-21(7-9-22)20-4-2-1-3-5-20/h6-15,20H,1-5,16-19H2. The van der Waals surface area contributed by atoms with Crippen molar-refractivity contribution in [2.24, 2.45) is 0 Å². The quantitative estimate of drug-likeness (QED) is 0.411. The van der Waals surface area contributed by atoms with Gasteiger partial charge < -0.3 is 9.80 Å². The number of hydrogen-bond donors (Lipinski definition) is 0. The summed E-state index contributed by atoms with van der Waals surface area (Å²) in [5.41, 5.74) is 3.97. The lowest BCUT2D eigenvalue weighted by Gasteiger charge is -2.34. The largest absolute Gasteiger partial charge is 0.336 e. The van der Waals surface area contributed by atoms with Crippen LogP contribution in [0.4, 0.5) is 10.3 Å². The van der Waals surface area contributed by atoms with Crippen LogP contribution < -0.4 is 4.90 Å². The maximum atomic E-state index is 13.2. The first-order valence-electron chi connectivity index (χ1n) is 12.8. The highest BCUT2D eigenvalue weighted by Gasteiger charge is 2.25. The summed E-state index contributed by atoms with van der Waals surface area (Å²) < 4.78 is 15.0. The van der Waals surface area contributed by atoms with E-state index in [1.807, 2.05) is 6.07 Å². The normalized spacial score (nSPS) is 17.0. The van der Waals surface area contributed by atoms with E-state index in [0.717, 1.165) is 11.3 Å². The summed E-state index contributed by atoms with van der Waals surface area (Å²) in [5.74, 6) is 1.42. The highest BCUT2D eigenvalue weighted by atomic mass is 19.1. The topological polar surface area (TPSA) is 66.6 Å². The first-order chi connectivity index (χ1) is 17.7. The highest BCUT2D eigenvalue weighted by molar-refractivity contribution is 5.94. The molecule has 1 amide bonds. The van der Waals surface area contributed by atoms with Gasteiger partial charge in [-0.05, 0) is 54.7 Å². The molecular formula is C28H29FN6O. The molecule has 7 nitrogen and oxygen atoms in total. The third-order valence-electron chi connectivity index (χ3n) is 7.45. The number of halogens is 1. The number of carbonyl (C=O) groups excluding carboxylic acids is 1. The van der Waals surface area contributed by atoms with Gasteiger partial charge in [-0.2, -0.15) is 9.50 Å². The first-order valence-corrected chi connectivity index (χ1v) is 12.8. The van der Waals surface area contributed by atoms with Crippen LogP contribution in [0.1, 0.15) is 53.9 Å². The van der Waals surface area contributed by atoms with Gasteiger partial charge in [0.25, 0.3) is 11.7 Å². The van der Waals surface area contributed by atoms with Gasteiger partial charge in [0, 0.05) is 43.5 Å². The summed E-state index contributed by atoms with van der Waals surface area (Å²) in [6.45, 7) is 2.34. The Labute approximate surface area is 209 Å². The Balaban J connectivity index is 1.18. The van der Waals surface area contributed by atoms with E-state index in [0.29, 0.717) is 49.4 Å². The second-order valence-electron chi connectivity index (χ2n) is 9.70. The fourth-order valence-corrected chi connectivity index (χ4v) is 5.38. The molecule has 36 heavy (non-hydrogen) atoms. The van der Waals surface area contributed by atoms with Crippen molar-refractivity contribution in [1.29, 1.82) is 0 Å². The van der Waals surface area contributed by atoms with Crippen molar-refractivity contribution in [2.45, 2.75) is 38.0 Å². The van der Waals surface area contributed by atoms with E-state index in [1.165, 1.54) is 61.9 Å². The average molecular weight is 485 g/mol. The molecule has 0 bridgehead atoms. The molecule has 8 heteroatoms. The van der Waals surface area contributed by atoms with Crippen molar-refractivity contribution in [2.75, 3.05) is 31.1 Å². The Morgan fingerprint density at radius 1 is 0.861 bits per heavy atom. The molecule has 3 heterocycles. The third-order valence-corrected chi connectivity index (χ3v) is 7.45. The molecule has 0 spiro atoms. The zero-order valence-electron chi connectivity index (χ0n) is 20.2. The minimum absolute atomic E-state index is 0.0850. The molecule has 2 aromatic carbocycles. The molecule has 0 N–H and O–H groups in total. The van der Waals surface area contributed by atoms with Crippen LogP contribution in [0.3, 0.4) is 0 Å². The van der Waals surface area contributed by atoms with Gasteiger partial charge >= 0.3 is 0 Å². The van der Waals surface area contributed by atoms with E-state index >= 15 is 0 Å². The minimum atomic E-state index is -0.345. The van der Waals surface area contributed by atoms with Gasteiger partial charge in [-0.25, -0.2) is 9.37 Å². The Morgan fingerprint density at radius 2 is 1.58 bits per heavy atom. The van der Waals surface area contributed by atoms with E-state index in [2.05, 4.69) is 39.1 Å². The lowest BCUT2D eigenvalue weighted by molar-refractivity contribution is 0.0746. The van der Waals surface area contributed by atoms with Crippen molar-refractivity contribution >= 4 is 17.6 Å². The SMILES string of the molecule is O=C(c1ccc(F)cc1)N1CCN(c2nc3nccc(-c4ccc(C5CCCCC5)cc4)n3n2)CC1. The van der Waals surface area contributed by atoms with Gasteiger partial charge in [0.2, 0.25) is 5.95 Å². The summed E-state index contributed by atoms with van der Waals surface area (Å²) >= 11 is 0. The summed E-state index contributed by atoms with van der Waals surface area (Å²) in [6, 6.07) is 16.5. The molecule has 1 aliphatic heterocycles. The number of carbonyl (C=O) groups is 1. The second kappa shape index (κ2) is 9.68. The fourth-order valence-electron chi connectivity index (χ4n) is 5.38. The van der Waals surface area contributed by atoms with Crippen molar-refractivity contribution in [3.63, 3.8) is 0 Å². The number of anilines is 1. The summed E-state index contributed by atoms with van der Waals surface area (Å²) in [6.07, 6.45) is 8.36. The number of amides is 1. The molecule has 1 saturated heterocycles. The average Bonchev–Trinajstić information content (AvgIpc) is 3.38. The molecular weight excluding hydrogens is 455 g/mol. The maximum absolute atomic E-state index is 13.2. The van der Waals surface area contributed by atoms with Crippen molar-refractivity contribution in [3.8, 4) is 11.3 Å². The van der Waals surface area contributed by atoms with E-state index in [9.17, 15) is 9.18 Å². The molecule has 2 aliphatic rings. The Bertz CT molecular complexity index is 1350. The van der Waals surface area contributed by atoms with Crippen LogP contribution >= 0.6 is 0 Å². The third kappa shape index (κ3) is 4.43. The molecule has 1 saturated carbocycles. The molecule has 4 aromatic rings. The van der Waals surface area contributed by atoms with Crippen LogP contribution in [0.15, 0.2) is 60.8 Å². The van der Waals surface area contributed by atoms with Crippen LogP contribution in [0.5, 0.6) is 0 Å². The van der Waals surface area contributed by atoms with Crippen LogP contribution in [0.2, 0.25) is 0 Å². The number of piperazine rings is 1. The lowest BCUT2D eigenvalue weighted by atomic mass is 9.84. The maximum Gasteiger partial charge on any atom is 0.254 e. The van der Waals surface area contributed by atoms with Crippen LogP contribution in [0, 0.1) is 5.82 Å².